The van der Waals surface area contributed by atoms with Crippen molar-refractivity contribution in [1.82, 2.24) is 14.4 Å². The van der Waals surface area contributed by atoms with Gasteiger partial charge in [0.05, 0.1) is 11.3 Å². The number of ether oxygens (including phenoxy) is 1. The number of rotatable bonds is 4. The summed E-state index contributed by atoms with van der Waals surface area (Å²) in [5.41, 5.74) is 1.30. The number of carbonyl (C=O) groups excluding carboxylic acids is 1. The Bertz CT molecular complexity index is 688. The van der Waals surface area contributed by atoms with Crippen molar-refractivity contribution in [1.29, 1.82) is 0 Å². The molecule has 94 valence electrons. The monoisotopic (exact) mass is 253 g/mol. The highest BCUT2D eigenvalue weighted by Gasteiger charge is 2.05. The molecule has 0 atom stereocenters. The summed E-state index contributed by atoms with van der Waals surface area (Å²) in [5.74, 6) is 1.19. The minimum absolute atomic E-state index is 0.300. The van der Waals surface area contributed by atoms with E-state index in [-0.39, 0.29) is 0 Å². The number of imidazole rings is 1. The van der Waals surface area contributed by atoms with Gasteiger partial charge in [0.25, 0.3) is 0 Å². The van der Waals surface area contributed by atoms with Crippen molar-refractivity contribution in [3.8, 4) is 5.75 Å². The fourth-order valence-electron chi connectivity index (χ4n) is 1.81. The number of hydrogen-bond donors (Lipinski definition) is 0. The van der Waals surface area contributed by atoms with Crippen molar-refractivity contribution in [2.75, 3.05) is 0 Å². The minimum atomic E-state index is 0.300. The van der Waals surface area contributed by atoms with Crippen molar-refractivity contribution in [2.45, 2.75) is 6.61 Å². The first kappa shape index (κ1) is 11.4. The molecule has 0 saturated carbocycles. The first-order valence-electron chi connectivity index (χ1n) is 5.82. The number of para-hydroxylation sites is 1. The third-order valence-corrected chi connectivity index (χ3v) is 2.71. The van der Waals surface area contributed by atoms with Crippen LogP contribution < -0.4 is 4.74 Å². The fraction of sp³-hybridized carbons (Fsp3) is 0.0714. The summed E-state index contributed by atoms with van der Waals surface area (Å²) in [6, 6.07) is 8.94. The van der Waals surface area contributed by atoms with E-state index in [4.69, 9.17) is 4.74 Å². The molecule has 0 aliphatic rings. The van der Waals surface area contributed by atoms with Crippen LogP contribution in [0.25, 0.3) is 5.78 Å². The summed E-state index contributed by atoms with van der Waals surface area (Å²) in [4.78, 5) is 19.3. The lowest BCUT2D eigenvalue weighted by Crippen LogP contribution is -1.98. The SMILES string of the molecule is O=Cc1ccccc1OCc1cn2cccnc2n1. The highest BCUT2D eigenvalue weighted by molar-refractivity contribution is 5.79. The zero-order valence-electron chi connectivity index (χ0n) is 10.1. The first-order chi connectivity index (χ1) is 9.36. The van der Waals surface area contributed by atoms with Gasteiger partial charge < -0.3 is 4.74 Å². The molecule has 2 heterocycles. The number of aromatic nitrogens is 3. The molecule has 0 saturated heterocycles. The van der Waals surface area contributed by atoms with E-state index in [9.17, 15) is 4.79 Å². The molecule has 5 nitrogen and oxygen atoms in total. The van der Waals surface area contributed by atoms with Crippen LogP contribution >= 0.6 is 0 Å². The van der Waals surface area contributed by atoms with Gasteiger partial charge in [-0.1, -0.05) is 12.1 Å². The number of nitrogens with zero attached hydrogens (tertiary/aromatic N) is 3. The van der Waals surface area contributed by atoms with Gasteiger partial charge >= 0.3 is 0 Å². The molecule has 0 fully saturated rings. The van der Waals surface area contributed by atoms with Gasteiger partial charge in [0.1, 0.15) is 12.4 Å². The van der Waals surface area contributed by atoms with Crippen LogP contribution in [0.1, 0.15) is 16.1 Å². The van der Waals surface area contributed by atoms with Gasteiger partial charge in [-0.25, -0.2) is 9.97 Å². The smallest absolute Gasteiger partial charge is 0.234 e. The van der Waals surface area contributed by atoms with Gasteiger partial charge in [0, 0.05) is 18.6 Å². The van der Waals surface area contributed by atoms with E-state index in [1.165, 1.54) is 0 Å². The maximum Gasteiger partial charge on any atom is 0.234 e. The summed E-state index contributed by atoms with van der Waals surface area (Å²) in [6.07, 6.45) is 6.19. The quantitative estimate of drug-likeness (QED) is 0.668. The van der Waals surface area contributed by atoms with Crippen LogP contribution in [0.3, 0.4) is 0 Å². The van der Waals surface area contributed by atoms with Crippen LogP contribution in [-0.2, 0) is 6.61 Å². The highest BCUT2D eigenvalue weighted by Crippen LogP contribution is 2.17. The van der Waals surface area contributed by atoms with Crippen molar-refractivity contribution >= 4 is 12.1 Å². The Kier molecular flexibility index (Phi) is 2.94. The van der Waals surface area contributed by atoms with Crippen LogP contribution in [0, 0.1) is 0 Å². The van der Waals surface area contributed by atoms with E-state index in [1.54, 1.807) is 24.4 Å². The van der Waals surface area contributed by atoms with Crippen molar-refractivity contribution in [3.05, 3.63) is 60.2 Å². The van der Waals surface area contributed by atoms with E-state index in [1.807, 2.05) is 28.9 Å². The molecule has 2 aromatic heterocycles. The predicted molar refractivity (Wildman–Crippen MR) is 69.1 cm³/mol. The summed E-state index contributed by atoms with van der Waals surface area (Å²) < 4.78 is 7.43. The molecule has 0 spiro atoms. The molecule has 0 unspecified atom stereocenters. The molecular weight excluding hydrogens is 242 g/mol. The molecule has 19 heavy (non-hydrogen) atoms. The summed E-state index contributed by atoms with van der Waals surface area (Å²) in [5, 5.41) is 0. The fourth-order valence-corrected chi connectivity index (χ4v) is 1.81. The lowest BCUT2D eigenvalue weighted by Gasteiger charge is -2.05. The normalized spacial score (nSPS) is 10.5. The van der Waals surface area contributed by atoms with Crippen LogP contribution in [0.15, 0.2) is 48.9 Å². The van der Waals surface area contributed by atoms with Gasteiger partial charge in [0.2, 0.25) is 5.78 Å². The van der Waals surface area contributed by atoms with Crippen LogP contribution in [0.2, 0.25) is 0 Å². The summed E-state index contributed by atoms with van der Waals surface area (Å²) in [6.45, 7) is 0.300. The maximum atomic E-state index is 10.9. The largest absolute Gasteiger partial charge is 0.486 e. The number of aldehydes is 1. The molecule has 5 heteroatoms. The zero-order valence-corrected chi connectivity index (χ0v) is 10.1. The number of carbonyl (C=O) groups is 1. The number of hydrogen-bond acceptors (Lipinski definition) is 4. The lowest BCUT2D eigenvalue weighted by molar-refractivity contribution is 0.111. The van der Waals surface area contributed by atoms with E-state index in [0.717, 1.165) is 12.0 Å². The third kappa shape index (κ3) is 2.30. The molecule has 0 radical (unpaired) electrons. The van der Waals surface area contributed by atoms with E-state index >= 15 is 0 Å². The molecule has 0 aliphatic carbocycles. The highest BCUT2D eigenvalue weighted by atomic mass is 16.5. The first-order valence-corrected chi connectivity index (χ1v) is 5.82. The molecule has 3 rings (SSSR count). The molecule has 1 aromatic carbocycles. The van der Waals surface area contributed by atoms with Gasteiger partial charge in [-0.2, -0.15) is 0 Å². The molecular formula is C14H11N3O2. The maximum absolute atomic E-state index is 10.9. The van der Waals surface area contributed by atoms with E-state index < -0.39 is 0 Å². The van der Waals surface area contributed by atoms with Crippen LogP contribution in [0.5, 0.6) is 5.75 Å². The van der Waals surface area contributed by atoms with E-state index in [2.05, 4.69) is 9.97 Å². The summed E-state index contributed by atoms with van der Waals surface area (Å²) >= 11 is 0. The Morgan fingerprint density at radius 1 is 1.26 bits per heavy atom. The van der Waals surface area contributed by atoms with Crippen molar-refractivity contribution in [2.24, 2.45) is 0 Å². The Morgan fingerprint density at radius 2 is 2.16 bits per heavy atom. The second-order valence-electron chi connectivity index (χ2n) is 4.00. The van der Waals surface area contributed by atoms with Gasteiger partial charge in [-0.05, 0) is 18.2 Å². The topological polar surface area (TPSA) is 56.5 Å². The number of benzene rings is 1. The molecule has 0 bridgehead atoms. The van der Waals surface area contributed by atoms with Gasteiger partial charge in [-0.3, -0.25) is 9.20 Å². The Morgan fingerprint density at radius 3 is 3.00 bits per heavy atom. The Hall–Kier alpha value is -2.69. The summed E-state index contributed by atoms with van der Waals surface area (Å²) in [7, 11) is 0. The molecule has 0 aliphatic heterocycles. The van der Waals surface area contributed by atoms with Gasteiger partial charge in [-0.15, -0.1) is 0 Å². The Labute approximate surface area is 109 Å². The molecule has 3 aromatic rings. The van der Waals surface area contributed by atoms with Crippen molar-refractivity contribution in [3.63, 3.8) is 0 Å². The predicted octanol–water partition coefficient (Wildman–Crippen LogP) is 2.12. The van der Waals surface area contributed by atoms with E-state index in [0.29, 0.717) is 23.7 Å². The number of fused-ring (bicyclic) bond motifs is 1. The second kappa shape index (κ2) is 4.89. The van der Waals surface area contributed by atoms with Crippen LogP contribution in [0.4, 0.5) is 0 Å². The second-order valence-corrected chi connectivity index (χ2v) is 4.00. The standard InChI is InChI=1S/C14H11N3O2/c18-9-11-4-1-2-5-13(11)19-10-12-8-17-7-3-6-15-14(17)16-12/h1-9H,10H2. The average Bonchev–Trinajstić information content (AvgIpc) is 2.88. The van der Waals surface area contributed by atoms with Gasteiger partial charge in [0.15, 0.2) is 6.29 Å². The molecule has 0 N–H and O–H groups in total. The average molecular weight is 253 g/mol. The minimum Gasteiger partial charge on any atom is -0.486 e. The lowest BCUT2D eigenvalue weighted by atomic mass is 10.2. The third-order valence-electron chi connectivity index (χ3n) is 2.71. The van der Waals surface area contributed by atoms with Crippen molar-refractivity contribution < 1.29 is 9.53 Å². The molecule has 0 amide bonds. The Balaban J connectivity index is 1.80. The zero-order chi connectivity index (χ0) is 13.1. The van der Waals surface area contributed by atoms with Crippen LogP contribution in [-0.4, -0.2) is 20.7 Å².